The predicted molar refractivity (Wildman–Crippen MR) is 68.4 cm³/mol. The standard InChI is InChI=1S/C13H7BrF3NO/c14-7-4-5-8(11(17)6-7)13(19)18-12-9(15)2-1-3-10(12)16/h1-6H,(H,18,19). The lowest BCUT2D eigenvalue weighted by molar-refractivity contribution is 0.102. The molecule has 19 heavy (non-hydrogen) atoms. The number of benzene rings is 2. The zero-order valence-corrected chi connectivity index (χ0v) is 11.0. The SMILES string of the molecule is O=C(Nc1c(F)cccc1F)c1ccc(Br)cc1F. The van der Waals surface area contributed by atoms with Crippen molar-refractivity contribution < 1.29 is 18.0 Å². The lowest BCUT2D eigenvalue weighted by Gasteiger charge is -2.08. The van der Waals surface area contributed by atoms with Crippen LogP contribution in [0.3, 0.4) is 0 Å². The van der Waals surface area contributed by atoms with E-state index in [9.17, 15) is 18.0 Å². The Morgan fingerprint density at radius 2 is 1.63 bits per heavy atom. The van der Waals surface area contributed by atoms with Gasteiger partial charge in [0.25, 0.3) is 5.91 Å². The van der Waals surface area contributed by atoms with Crippen LogP contribution in [0, 0.1) is 17.5 Å². The highest BCUT2D eigenvalue weighted by Crippen LogP contribution is 2.21. The normalized spacial score (nSPS) is 10.3. The molecule has 0 heterocycles. The van der Waals surface area contributed by atoms with E-state index in [1.54, 1.807) is 0 Å². The molecule has 0 saturated carbocycles. The molecule has 0 unspecified atom stereocenters. The molecule has 2 aromatic rings. The van der Waals surface area contributed by atoms with Crippen LogP contribution in [0.15, 0.2) is 40.9 Å². The molecule has 0 saturated heterocycles. The number of para-hydroxylation sites is 1. The maximum Gasteiger partial charge on any atom is 0.258 e. The van der Waals surface area contributed by atoms with Gasteiger partial charge in [-0.3, -0.25) is 4.79 Å². The van der Waals surface area contributed by atoms with E-state index in [0.29, 0.717) is 4.47 Å². The van der Waals surface area contributed by atoms with Crippen molar-refractivity contribution in [3.63, 3.8) is 0 Å². The van der Waals surface area contributed by atoms with Crippen molar-refractivity contribution in [3.8, 4) is 0 Å². The molecule has 0 spiro atoms. The Bertz CT molecular complexity index is 626. The molecule has 98 valence electrons. The Labute approximate surface area is 115 Å². The summed E-state index contributed by atoms with van der Waals surface area (Å²) >= 11 is 3.04. The lowest BCUT2D eigenvalue weighted by atomic mass is 10.2. The molecule has 0 bridgehead atoms. The third-order valence-corrected chi connectivity index (χ3v) is 2.87. The molecule has 0 fully saturated rings. The fraction of sp³-hybridized carbons (Fsp3) is 0. The average Bonchev–Trinajstić information content (AvgIpc) is 2.33. The highest BCUT2D eigenvalue weighted by atomic mass is 79.9. The van der Waals surface area contributed by atoms with Crippen LogP contribution < -0.4 is 5.32 Å². The number of nitrogens with one attached hydrogen (secondary N) is 1. The second-order valence-electron chi connectivity index (χ2n) is 3.67. The Morgan fingerprint density at radius 1 is 1.00 bits per heavy atom. The number of carbonyl (C=O) groups excluding carboxylic acids is 1. The fourth-order valence-electron chi connectivity index (χ4n) is 1.47. The molecule has 2 aromatic carbocycles. The smallest absolute Gasteiger partial charge is 0.258 e. The molecular weight excluding hydrogens is 323 g/mol. The minimum atomic E-state index is -0.925. The van der Waals surface area contributed by atoms with E-state index in [1.165, 1.54) is 18.2 Å². The topological polar surface area (TPSA) is 29.1 Å². The summed E-state index contributed by atoms with van der Waals surface area (Å²) in [4.78, 5) is 11.8. The molecule has 0 radical (unpaired) electrons. The van der Waals surface area contributed by atoms with Crippen molar-refractivity contribution in [1.82, 2.24) is 0 Å². The lowest BCUT2D eigenvalue weighted by Crippen LogP contribution is -2.15. The van der Waals surface area contributed by atoms with Gasteiger partial charge in [0.1, 0.15) is 23.1 Å². The quantitative estimate of drug-likeness (QED) is 0.882. The first kappa shape index (κ1) is 13.6. The summed E-state index contributed by atoms with van der Waals surface area (Å²) in [6.45, 7) is 0. The van der Waals surface area contributed by atoms with Crippen LogP contribution in [0.2, 0.25) is 0 Å². The molecule has 2 rings (SSSR count). The number of rotatable bonds is 2. The molecule has 0 aliphatic rings. The second-order valence-corrected chi connectivity index (χ2v) is 4.59. The summed E-state index contributed by atoms with van der Waals surface area (Å²) in [6, 6.07) is 6.92. The zero-order chi connectivity index (χ0) is 14.0. The van der Waals surface area contributed by atoms with Gasteiger partial charge in [0.05, 0.1) is 5.56 Å². The summed E-state index contributed by atoms with van der Waals surface area (Å²) < 4.78 is 40.7. The van der Waals surface area contributed by atoms with E-state index in [4.69, 9.17) is 0 Å². The minimum absolute atomic E-state index is 0.300. The number of halogens is 4. The van der Waals surface area contributed by atoms with Gasteiger partial charge in [0.2, 0.25) is 0 Å². The Hall–Kier alpha value is -1.82. The monoisotopic (exact) mass is 329 g/mol. The minimum Gasteiger partial charge on any atom is -0.317 e. The first-order chi connectivity index (χ1) is 8.99. The molecule has 0 aromatic heterocycles. The number of hydrogen-bond acceptors (Lipinski definition) is 1. The number of amides is 1. The van der Waals surface area contributed by atoms with Gasteiger partial charge in [-0.25, -0.2) is 13.2 Å². The van der Waals surface area contributed by atoms with Gasteiger partial charge in [-0.15, -0.1) is 0 Å². The first-order valence-corrected chi connectivity index (χ1v) is 5.99. The van der Waals surface area contributed by atoms with Crippen LogP contribution in [0.4, 0.5) is 18.9 Å². The molecule has 6 heteroatoms. The maximum absolute atomic E-state index is 13.5. The molecule has 2 nitrogen and oxygen atoms in total. The van der Waals surface area contributed by atoms with Crippen molar-refractivity contribution in [2.75, 3.05) is 5.32 Å². The van der Waals surface area contributed by atoms with Gasteiger partial charge in [0.15, 0.2) is 0 Å². The van der Waals surface area contributed by atoms with Crippen molar-refractivity contribution in [2.45, 2.75) is 0 Å². The number of hydrogen-bond donors (Lipinski definition) is 1. The molecule has 0 aliphatic heterocycles. The third kappa shape index (κ3) is 2.96. The summed E-state index contributed by atoms with van der Waals surface area (Å²) in [5.74, 6) is -3.56. The van der Waals surface area contributed by atoms with E-state index >= 15 is 0 Å². The van der Waals surface area contributed by atoms with Crippen LogP contribution in [0.1, 0.15) is 10.4 Å². The Balaban J connectivity index is 2.31. The highest BCUT2D eigenvalue weighted by molar-refractivity contribution is 9.10. The van der Waals surface area contributed by atoms with Crippen LogP contribution in [-0.4, -0.2) is 5.91 Å². The van der Waals surface area contributed by atoms with Crippen LogP contribution in [0.25, 0.3) is 0 Å². The maximum atomic E-state index is 13.5. The van der Waals surface area contributed by atoms with E-state index in [1.807, 2.05) is 5.32 Å². The van der Waals surface area contributed by atoms with Gasteiger partial charge < -0.3 is 5.32 Å². The van der Waals surface area contributed by atoms with Crippen LogP contribution in [0.5, 0.6) is 0 Å². The van der Waals surface area contributed by atoms with Crippen molar-refractivity contribution >= 4 is 27.5 Å². The van der Waals surface area contributed by atoms with Crippen molar-refractivity contribution in [2.24, 2.45) is 0 Å². The summed E-state index contributed by atoms with van der Waals surface area (Å²) in [7, 11) is 0. The largest absolute Gasteiger partial charge is 0.317 e. The fourth-order valence-corrected chi connectivity index (χ4v) is 1.80. The number of carbonyl (C=O) groups is 1. The zero-order valence-electron chi connectivity index (χ0n) is 9.38. The third-order valence-electron chi connectivity index (χ3n) is 2.38. The average molecular weight is 330 g/mol. The highest BCUT2D eigenvalue weighted by Gasteiger charge is 2.16. The molecule has 0 aliphatic carbocycles. The van der Waals surface area contributed by atoms with Gasteiger partial charge in [-0.2, -0.15) is 0 Å². The summed E-state index contributed by atoms with van der Waals surface area (Å²) in [5.41, 5.74) is -0.902. The van der Waals surface area contributed by atoms with Gasteiger partial charge in [-0.1, -0.05) is 22.0 Å². The Kier molecular flexibility index (Phi) is 3.90. The number of anilines is 1. The van der Waals surface area contributed by atoms with E-state index in [2.05, 4.69) is 15.9 Å². The van der Waals surface area contributed by atoms with E-state index in [-0.39, 0.29) is 5.56 Å². The van der Waals surface area contributed by atoms with E-state index in [0.717, 1.165) is 18.2 Å². The summed E-state index contributed by atoms with van der Waals surface area (Å²) in [6.07, 6.45) is 0. The van der Waals surface area contributed by atoms with Crippen molar-refractivity contribution in [1.29, 1.82) is 0 Å². The predicted octanol–water partition coefficient (Wildman–Crippen LogP) is 4.12. The van der Waals surface area contributed by atoms with Crippen molar-refractivity contribution in [3.05, 3.63) is 63.9 Å². The van der Waals surface area contributed by atoms with Gasteiger partial charge >= 0.3 is 0 Å². The van der Waals surface area contributed by atoms with Gasteiger partial charge in [0, 0.05) is 4.47 Å². The molecular formula is C13H7BrF3NO. The Morgan fingerprint density at radius 3 is 2.21 bits per heavy atom. The van der Waals surface area contributed by atoms with Crippen LogP contribution >= 0.6 is 15.9 Å². The molecule has 0 atom stereocenters. The van der Waals surface area contributed by atoms with E-state index < -0.39 is 29.0 Å². The molecule has 1 N–H and O–H groups in total. The first-order valence-electron chi connectivity index (χ1n) is 5.19. The second kappa shape index (κ2) is 5.44. The molecule has 1 amide bonds. The van der Waals surface area contributed by atoms with Gasteiger partial charge in [-0.05, 0) is 30.3 Å². The van der Waals surface area contributed by atoms with Crippen LogP contribution in [-0.2, 0) is 0 Å². The summed E-state index contributed by atoms with van der Waals surface area (Å²) in [5, 5.41) is 2.01.